The minimum absolute atomic E-state index is 0.544. The van der Waals surface area contributed by atoms with E-state index < -0.39 is 0 Å². The molecule has 3 nitrogen and oxygen atoms in total. The zero-order valence-corrected chi connectivity index (χ0v) is 11.6. The van der Waals surface area contributed by atoms with Gasteiger partial charge in [-0.3, -0.25) is 0 Å². The van der Waals surface area contributed by atoms with Gasteiger partial charge in [-0.1, -0.05) is 17.7 Å². The fourth-order valence-corrected chi connectivity index (χ4v) is 1.75. The van der Waals surface area contributed by atoms with Crippen molar-refractivity contribution in [1.82, 2.24) is 0 Å². The summed E-state index contributed by atoms with van der Waals surface area (Å²) in [5, 5.41) is 9.47. The number of ether oxygens (including phenoxy) is 2. The molecule has 0 aliphatic rings. The van der Waals surface area contributed by atoms with E-state index in [0.717, 1.165) is 12.2 Å². The van der Waals surface area contributed by atoms with Crippen LogP contribution in [0.1, 0.15) is 12.0 Å². The van der Waals surface area contributed by atoms with Gasteiger partial charge in [-0.25, -0.2) is 0 Å². The van der Waals surface area contributed by atoms with Crippen molar-refractivity contribution in [2.24, 2.45) is 0 Å². The second-order valence-electron chi connectivity index (χ2n) is 4.14. The van der Waals surface area contributed by atoms with Crippen LogP contribution in [0.25, 0.3) is 0 Å². The molecule has 0 N–H and O–H groups in total. The summed E-state index contributed by atoms with van der Waals surface area (Å²) in [5.41, 5.74) is 0.597. The first-order chi connectivity index (χ1) is 9.78. The third kappa shape index (κ3) is 4.49. The van der Waals surface area contributed by atoms with Crippen LogP contribution in [-0.2, 0) is 0 Å². The molecule has 2 aromatic carbocycles. The van der Waals surface area contributed by atoms with Crippen molar-refractivity contribution in [1.29, 1.82) is 5.26 Å². The first-order valence-electron chi connectivity index (χ1n) is 6.29. The number of benzene rings is 2. The topological polar surface area (TPSA) is 42.2 Å². The van der Waals surface area contributed by atoms with E-state index in [4.69, 9.17) is 26.3 Å². The summed E-state index contributed by atoms with van der Waals surface area (Å²) >= 11 is 5.79. The van der Waals surface area contributed by atoms with Crippen molar-refractivity contribution >= 4 is 11.6 Å². The van der Waals surface area contributed by atoms with Crippen LogP contribution in [0, 0.1) is 11.3 Å². The van der Waals surface area contributed by atoms with Crippen molar-refractivity contribution in [3.8, 4) is 17.6 Å². The Kier molecular flexibility index (Phi) is 5.28. The largest absolute Gasteiger partial charge is 0.493 e. The maximum atomic E-state index is 8.78. The van der Waals surface area contributed by atoms with Gasteiger partial charge in [0.25, 0.3) is 0 Å². The van der Waals surface area contributed by atoms with Gasteiger partial charge in [0.2, 0.25) is 0 Å². The van der Waals surface area contributed by atoms with Crippen LogP contribution in [0.3, 0.4) is 0 Å². The number of hydrogen-bond acceptors (Lipinski definition) is 3. The van der Waals surface area contributed by atoms with E-state index in [9.17, 15) is 0 Å². The molecule has 0 atom stereocenters. The molecule has 0 aliphatic heterocycles. The van der Waals surface area contributed by atoms with Gasteiger partial charge < -0.3 is 9.47 Å². The van der Waals surface area contributed by atoms with Crippen LogP contribution in [0.15, 0.2) is 48.5 Å². The molecule has 0 amide bonds. The fourth-order valence-electron chi connectivity index (χ4n) is 1.63. The lowest BCUT2D eigenvalue weighted by Crippen LogP contribution is -2.05. The molecule has 2 aromatic rings. The average molecular weight is 288 g/mol. The summed E-state index contributed by atoms with van der Waals surface area (Å²) in [6.07, 6.45) is 0.763. The number of hydrogen-bond donors (Lipinski definition) is 0. The van der Waals surface area contributed by atoms with Crippen LogP contribution in [-0.4, -0.2) is 13.2 Å². The predicted molar refractivity (Wildman–Crippen MR) is 78.2 cm³/mol. The minimum atomic E-state index is 0.544. The van der Waals surface area contributed by atoms with E-state index >= 15 is 0 Å². The smallest absolute Gasteiger partial charge is 0.120 e. The van der Waals surface area contributed by atoms with Crippen LogP contribution in [0.5, 0.6) is 11.5 Å². The monoisotopic (exact) mass is 287 g/mol. The van der Waals surface area contributed by atoms with Crippen molar-refractivity contribution in [3.63, 3.8) is 0 Å². The van der Waals surface area contributed by atoms with Crippen LogP contribution in [0.4, 0.5) is 0 Å². The number of halogens is 1. The highest BCUT2D eigenvalue weighted by Crippen LogP contribution is 2.16. The maximum Gasteiger partial charge on any atom is 0.120 e. The summed E-state index contributed by atoms with van der Waals surface area (Å²) in [6, 6.07) is 16.4. The molecule has 0 unspecified atom stereocenters. The Hall–Kier alpha value is -2.18. The SMILES string of the molecule is N#Cc1cccc(OCCCOc2ccc(Cl)cc2)c1. The zero-order chi connectivity index (χ0) is 14.2. The van der Waals surface area contributed by atoms with Gasteiger partial charge in [-0.2, -0.15) is 5.26 Å². The molecule has 0 heterocycles. The molecule has 0 saturated heterocycles. The van der Waals surface area contributed by atoms with Crippen molar-refractivity contribution in [2.75, 3.05) is 13.2 Å². The normalized spacial score (nSPS) is 9.80. The summed E-state index contributed by atoms with van der Waals surface area (Å²) in [4.78, 5) is 0. The Balaban J connectivity index is 1.69. The van der Waals surface area contributed by atoms with E-state index in [0.29, 0.717) is 29.5 Å². The maximum absolute atomic E-state index is 8.78. The van der Waals surface area contributed by atoms with Crippen molar-refractivity contribution in [3.05, 3.63) is 59.1 Å². The fraction of sp³-hybridized carbons (Fsp3) is 0.188. The summed E-state index contributed by atoms with van der Waals surface area (Å²) in [6.45, 7) is 1.11. The zero-order valence-electron chi connectivity index (χ0n) is 10.9. The third-order valence-electron chi connectivity index (χ3n) is 2.60. The molecule has 0 bridgehead atoms. The van der Waals surface area contributed by atoms with Gasteiger partial charge in [-0.05, 0) is 42.5 Å². The first-order valence-corrected chi connectivity index (χ1v) is 6.67. The summed E-state index contributed by atoms with van der Waals surface area (Å²) < 4.78 is 11.1. The average Bonchev–Trinajstić information content (AvgIpc) is 2.49. The van der Waals surface area contributed by atoms with Crippen LogP contribution in [0.2, 0.25) is 5.02 Å². The molecule has 0 aromatic heterocycles. The molecule has 0 radical (unpaired) electrons. The third-order valence-corrected chi connectivity index (χ3v) is 2.85. The van der Waals surface area contributed by atoms with E-state index in [1.165, 1.54) is 0 Å². The Morgan fingerprint density at radius 3 is 2.35 bits per heavy atom. The van der Waals surface area contributed by atoms with Crippen LogP contribution >= 0.6 is 11.6 Å². The Bertz CT molecular complexity index is 590. The van der Waals surface area contributed by atoms with E-state index in [-0.39, 0.29) is 0 Å². The Morgan fingerprint density at radius 1 is 0.950 bits per heavy atom. The van der Waals surface area contributed by atoms with Crippen molar-refractivity contribution < 1.29 is 9.47 Å². The highest BCUT2D eigenvalue weighted by molar-refractivity contribution is 6.30. The van der Waals surface area contributed by atoms with Gasteiger partial charge in [0.1, 0.15) is 11.5 Å². The second kappa shape index (κ2) is 7.42. The minimum Gasteiger partial charge on any atom is -0.493 e. The molecule has 0 spiro atoms. The lowest BCUT2D eigenvalue weighted by molar-refractivity contribution is 0.247. The molecule has 20 heavy (non-hydrogen) atoms. The number of nitriles is 1. The van der Waals surface area contributed by atoms with Gasteiger partial charge in [0, 0.05) is 11.4 Å². The van der Waals surface area contributed by atoms with E-state index in [1.54, 1.807) is 30.3 Å². The van der Waals surface area contributed by atoms with Gasteiger partial charge in [-0.15, -0.1) is 0 Å². The van der Waals surface area contributed by atoms with Crippen molar-refractivity contribution in [2.45, 2.75) is 6.42 Å². The molecular formula is C16H14ClNO2. The van der Waals surface area contributed by atoms with Gasteiger partial charge in [0.05, 0.1) is 24.8 Å². The van der Waals surface area contributed by atoms with Gasteiger partial charge in [0.15, 0.2) is 0 Å². The highest BCUT2D eigenvalue weighted by Gasteiger charge is 1.97. The standard InChI is InChI=1S/C16H14ClNO2/c17-14-5-7-15(8-6-14)19-9-2-10-20-16-4-1-3-13(11-16)12-18/h1,3-8,11H,2,9-10H2. The Morgan fingerprint density at radius 2 is 1.65 bits per heavy atom. The number of nitrogens with zero attached hydrogens (tertiary/aromatic N) is 1. The van der Waals surface area contributed by atoms with E-state index in [2.05, 4.69) is 6.07 Å². The lowest BCUT2D eigenvalue weighted by Gasteiger charge is -2.08. The van der Waals surface area contributed by atoms with Crippen LogP contribution < -0.4 is 9.47 Å². The first kappa shape index (κ1) is 14.2. The molecule has 0 aliphatic carbocycles. The Labute approximate surface area is 123 Å². The molecular weight excluding hydrogens is 274 g/mol. The highest BCUT2D eigenvalue weighted by atomic mass is 35.5. The molecule has 4 heteroatoms. The summed E-state index contributed by atoms with van der Waals surface area (Å²) in [5.74, 6) is 1.50. The number of rotatable bonds is 6. The molecule has 2 rings (SSSR count). The van der Waals surface area contributed by atoms with E-state index in [1.807, 2.05) is 18.2 Å². The molecule has 0 saturated carbocycles. The second-order valence-corrected chi connectivity index (χ2v) is 4.58. The lowest BCUT2D eigenvalue weighted by atomic mass is 10.2. The predicted octanol–water partition coefficient (Wildman–Crippen LogP) is 4.06. The molecule has 0 fully saturated rings. The van der Waals surface area contributed by atoms with Gasteiger partial charge >= 0.3 is 0 Å². The molecule has 102 valence electrons. The summed E-state index contributed by atoms with van der Waals surface area (Å²) in [7, 11) is 0. The quantitative estimate of drug-likeness (QED) is 0.753.